The minimum absolute atomic E-state index is 0.978. The molecule has 0 heterocycles. The van der Waals surface area contributed by atoms with Crippen molar-refractivity contribution in [2.24, 2.45) is 29.6 Å². The van der Waals surface area contributed by atoms with E-state index in [4.69, 9.17) is 0 Å². The Kier molecular flexibility index (Phi) is 1.72. The number of rotatable bonds is 1. The van der Waals surface area contributed by atoms with Crippen LogP contribution in [0.25, 0.3) is 0 Å². The second-order valence-corrected chi connectivity index (χ2v) is 5.55. The van der Waals surface area contributed by atoms with E-state index in [0.29, 0.717) is 0 Å². The summed E-state index contributed by atoms with van der Waals surface area (Å²) in [6, 6.07) is 0. The first-order valence-electron chi connectivity index (χ1n) is 5.49. The van der Waals surface area contributed by atoms with Gasteiger partial charge in [0.1, 0.15) is 0 Å². The molecule has 4 atom stereocenters. The third kappa shape index (κ3) is 0.921. The summed E-state index contributed by atoms with van der Waals surface area (Å²) in [5.41, 5.74) is 0. The minimum Gasteiger partial charge on any atom is -0.179 e. The van der Waals surface area contributed by atoms with E-state index in [1.165, 1.54) is 12.8 Å². The Labute approximate surface area is 80.5 Å². The highest BCUT2D eigenvalue weighted by Gasteiger charge is 2.51. The van der Waals surface area contributed by atoms with Crippen molar-refractivity contribution >= 4 is 12.6 Å². The van der Waals surface area contributed by atoms with Gasteiger partial charge in [0.25, 0.3) is 0 Å². The highest BCUT2D eigenvalue weighted by atomic mass is 32.1. The molecule has 0 saturated heterocycles. The quantitative estimate of drug-likeness (QED) is 0.592. The Morgan fingerprint density at radius 2 is 1.50 bits per heavy atom. The van der Waals surface area contributed by atoms with E-state index in [1.807, 2.05) is 0 Å². The zero-order valence-electron chi connectivity index (χ0n) is 7.58. The summed E-state index contributed by atoms with van der Waals surface area (Å²) in [6.07, 6.45) is 7.76. The van der Waals surface area contributed by atoms with Gasteiger partial charge in [-0.2, -0.15) is 12.6 Å². The van der Waals surface area contributed by atoms with Gasteiger partial charge in [-0.1, -0.05) is 0 Å². The summed E-state index contributed by atoms with van der Waals surface area (Å²) in [5, 5.41) is 0. The summed E-state index contributed by atoms with van der Waals surface area (Å²) in [4.78, 5) is 0. The van der Waals surface area contributed by atoms with Crippen LogP contribution in [0.2, 0.25) is 0 Å². The monoisotopic (exact) mass is 182 g/mol. The molecule has 1 heteroatoms. The molecule has 0 aromatic rings. The molecular weight excluding hydrogens is 164 g/mol. The SMILES string of the molecule is SCC1CC2C3CCC(C3)C2C1. The van der Waals surface area contributed by atoms with Crippen molar-refractivity contribution in [1.82, 2.24) is 0 Å². The molecule has 0 aromatic heterocycles. The van der Waals surface area contributed by atoms with E-state index < -0.39 is 0 Å². The molecule has 2 bridgehead atoms. The largest absolute Gasteiger partial charge is 0.179 e. The maximum Gasteiger partial charge on any atom is -0.00693 e. The van der Waals surface area contributed by atoms with Crippen molar-refractivity contribution in [3.05, 3.63) is 0 Å². The van der Waals surface area contributed by atoms with Crippen LogP contribution in [0, 0.1) is 29.6 Å². The minimum atomic E-state index is 0.978. The first-order valence-corrected chi connectivity index (χ1v) is 6.12. The zero-order chi connectivity index (χ0) is 8.13. The van der Waals surface area contributed by atoms with Gasteiger partial charge in [0.15, 0.2) is 0 Å². The number of thiol groups is 1. The van der Waals surface area contributed by atoms with Crippen LogP contribution in [0.4, 0.5) is 0 Å². The Hall–Kier alpha value is 0.350. The molecule has 3 saturated carbocycles. The number of hydrogen-bond donors (Lipinski definition) is 1. The molecule has 0 aromatic carbocycles. The van der Waals surface area contributed by atoms with Crippen LogP contribution in [0.1, 0.15) is 32.1 Å². The molecule has 0 nitrogen and oxygen atoms in total. The van der Waals surface area contributed by atoms with Crippen LogP contribution < -0.4 is 0 Å². The third-order valence-electron chi connectivity index (χ3n) is 4.74. The molecule has 0 N–H and O–H groups in total. The molecule has 68 valence electrons. The van der Waals surface area contributed by atoms with Gasteiger partial charge in [-0.25, -0.2) is 0 Å². The summed E-state index contributed by atoms with van der Waals surface area (Å²) < 4.78 is 0. The molecule has 3 fully saturated rings. The van der Waals surface area contributed by atoms with E-state index in [2.05, 4.69) is 12.6 Å². The van der Waals surface area contributed by atoms with Gasteiger partial charge >= 0.3 is 0 Å². The average molecular weight is 182 g/mol. The predicted octanol–water partition coefficient (Wildman–Crippen LogP) is 2.99. The van der Waals surface area contributed by atoms with Gasteiger partial charge in [-0.3, -0.25) is 0 Å². The Bertz CT molecular complexity index is 171. The normalized spacial score (nSPS) is 56.2. The molecule has 0 radical (unpaired) electrons. The van der Waals surface area contributed by atoms with Crippen LogP contribution in [-0.4, -0.2) is 5.75 Å². The van der Waals surface area contributed by atoms with Crippen molar-refractivity contribution in [3.63, 3.8) is 0 Å². The molecular formula is C11H18S. The summed E-state index contributed by atoms with van der Waals surface area (Å²) in [7, 11) is 0. The fourth-order valence-electron chi connectivity index (χ4n) is 4.28. The number of hydrogen-bond acceptors (Lipinski definition) is 1. The van der Waals surface area contributed by atoms with Gasteiger partial charge in [-0.15, -0.1) is 0 Å². The lowest BCUT2D eigenvalue weighted by molar-refractivity contribution is 0.259. The van der Waals surface area contributed by atoms with Gasteiger partial charge in [0.05, 0.1) is 0 Å². The predicted molar refractivity (Wildman–Crippen MR) is 54.4 cm³/mol. The van der Waals surface area contributed by atoms with E-state index in [0.717, 1.165) is 35.3 Å². The highest BCUT2D eigenvalue weighted by molar-refractivity contribution is 7.80. The molecule has 4 unspecified atom stereocenters. The Balaban J connectivity index is 1.78. The lowest BCUT2D eigenvalue weighted by Crippen LogP contribution is -2.15. The van der Waals surface area contributed by atoms with E-state index >= 15 is 0 Å². The van der Waals surface area contributed by atoms with Gasteiger partial charge in [-0.05, 0) is 67.4 Å². The molecule has 3 aliphatic rings. The van der Waals surface area contributed by atoms with Crippen LogP contribution in [-0.2, 0) is 0 Å². The van der Waals surface area contributed by atoms with Crippen LogP contribution in [0.15, 0.2) is 0 Å². The van der Waals surface area contributed by atoms with E-state index in [9.17, 15) is 0 Å². The van der Waals surface area contributed by atoms with Crippen molar-refractivity contribution < 1.29 is 0 Å². The molecule has 3 rings (SSSR count). The van der Waals surface area contributed by atoms with Crippen molar-refractivity contribution in [3.8, 4) is 0 Å². The lowest BCUT2D eigenvalue weighted by atomic mass is 9.82. The maximum absolute atomic E-state index is 4.44. The Morgan fingerprint density at radius 1 is 0.917 bits per heavy atom. The fraction of sp³-hybridized carbons (Fsp3) is 1.00. The second-order valence-electron chi connectivity index (χ2n) is 5.18. The lowest BCUT2D eigenvalue weighted by Gasteiger charge is -2.23. The smallest absolute Gasteiger partial charge is 0.00693 e. The van der Waals surface area contributed by atoms with Crippen molar-refractivity contribution in [2.45, 2.75) is 32.1 Å². The Morgan fingerprint density at radius 3 is 2.00 bits per heavy atom. The van der Waals surface area contributed by atoms with Crippen molar-refractivity contribution in [1.29, 1.82) is 0 Å². The average Bonchev–Trinajstić information content (AvgIpc) is 2.75. The summed E-state index contributed by atoms with van der Waals surface area (Å²) >= 11 is 4.44. The van der Waals surface area contributed by atoms with Crippen LogP contribution in [0.3, 0.4) is 0 Å². The van der Waals surface area contributed by atoms with Crippen LogP contribution in [0.5, 0.6) is 0 Å². The highest BCUT2D eigenvalue weighted by Crippen LogP contribution is 2.60. The molecule has 0 spiro atoms. The summed E-state index contributed by atoms with van der Waals surface area (Å²) in [5.74, 6) is 6.69. The molecule has 0 aliphatic heterocycles. The fourth-order valence-corrected chi connectivity index (χ4v) is 4.58. The second kappa shape index (κ2) is 2.67. The van der Waals surface area contributed by atoms with Gasteiger partial charge in [0, 0.05) is 0 Å². The summed E-state index contributed by atoms with van der Waals surface area (Å²) in [6.45, 7) is 0. The van der Waals surface area contributed by atoms with Gasteiger partial charge < -0.3 is 0 Å². The first kappa shape index (κ1) is 7.73. The van der Waals surface area contributed by atoms with Crippen LogP contribution >= 0.6 is 12.6 Å². The zero-order valence-corrected chi connectivity index (χ0v) is 8.47. The maximum atomic E-state index is 4.44. The molecule has 3 aliphatic carbocycles. The topological polar surface area (TPSA) is 0 Å². The molecule has 0 amide bonds. The third-order valence-corrected chi connectivity index (χ3v) is 5.26. The van der Waals surface area contributed by atoms with Crippen molar-refractivity contribution in [2.75, 3.05) is 5.75 Å². The number of fused-ring (bicyclic) bond motifs is 5. The first-order chi connectivity index (χ1) is 5.88. The van der Waals surface area contributed by atoms with E-state index in [1.54, 1.807) is 19.3 Å². The van der Waals surface area contributed by atoms with Gasteiger partial charge in [0.2, 0.25) is 0 Å². The van der Waals surface area contributed by atoms with E-state index in [-0.39, 0.29) is 0 Å². The molecule has 12 heavy (non-hydrogen) atoms. The standard InChI is InChI=1S/C11H18S/c12-6-7-3-10-8-1-2-9(5-8)11(10)4-7/h7-12H,1-6H2.